The molecule has 4 heteroatoms. The zero-order chi connectivity index (χ0) is 7.72. The summed E-state index contributed by atoms with van der Waals surface area (Å²) in [5, 5.41) is 0.188. The molecule has 0 N–H and O–H groups in total. The number of carbonyl (C=O) groups excluding carboxylic acids is 1. The molecule has 0 unspecified atom stereocenters. The minimum absolute atomic E-state index is 0.0532. The second kappa shape index (κ2) is 2.64. The molecule has 1 rings (SSSR count). The number of carbonyl (C=O) groups is 1. The van der Waals surface area contributed by atoms with Crippen LogP contribution in [0.3, 0.4) is 0 Å². The minimum Gasteiger partial charge on any atom is -0.433 e. The van der Waals surface area contributed by atoms with Gasteiger partial charge in [-0.2, -0.15) is 0 Å². The first-order valence-electron chi connectivity index (χ1n) is 2.57. The Morgan fingerprint density at radius 2 is 2.20 bits per heavy atom. The molecule has 0 aromatic carbocycles. The fourth-order valence-electron chi connectivity index (χ4n) is 0.580. The Bertz CT molecular complexity index is 265. The van der Waals surface area contributed by atoms with Crippen LogP contribution in [0.4, 0.5) is 0 Å². The summed E-state index contributed by atoms with van der Waals surface area (Å²) in [6.45, 7) is 1.40. The molecule has 1 aromatic heterocycles. The predicted octanol–water partition coefficient (Wildman–Crippen LogP) is 2.79. The summed E-state index contributed by atoms with van der Waals surface area (Å²) < 4.78 is 4.69. The van der Waals surface area contributed by atoms with Crippen molar-refractivity contribution < 1.29 is 9.21 Å². The van der Waals surface area contributed by atoms with E-state index in [4.69, 9.17) is 23.2 Å². The van der Waals surface area contributed by atoms with Gasteiger partial charge in [-0.25, -0.2) is 0 Å². The molecule has 0 aliphatic carbocycles. The highest BCUT2D eigenvalue weighted by atomic mass is 35.5. The second-order valence-electron chi connectivity index (χ2n) is 1.79. The fourth-order valence-corrected chi connectivity index (χ4v) is 1.08. The molecule has 0 saturated heterocycles. The van der Waals surface area contributed by atoms with Gasteiger partial charge in [-0.05, 0) is 30.1 Å². The lowest BCUT2D eigenvalue weighted by Gasteiger charge is -1.83. The first-order valence-corrected chi connectivity index (χ1v) is 3.32. The number of hydrogen-bond donors (Lipinski definition) is 0. The lowest BCUT2D eigenvalue weighted by Crippen LogP contribution is -1.87. The van der Waals surface area contributed by atoms with Crippen molar-refractivity contribution in [1.82, 2.24) is 0 Å². The summed E-state index contributed by atoms with van der Waals surface area (Å²) in [6.07, 6.45) is 0. The van der Waals surface area contributed by atoms with Gasteiger partial charge < -0.3 is 4.42 Å². The van der Waals surface area contributed by atoms with Crippen LogP contribution in [0.1, 0.15) is 17.3 Å². The molecule has 0 bridgehead atoms. The van der Waals surface area contributed by atoms with Crippen LogP contribution < -0.4 is 0 Å². The van der Waals surface area contributed by atoms with Crippen LogP contribution in [0.25, 0.3) is 0 Å². The Labute approximate surface area is 67.7 Å². The molecule has 54 valence electrons. The van der Waals surface area contributed by atoms with Gasteiger partial charge in [0.25, 0.3) is 0 Å². The normalized spacial score (nSPS) is 9.90. The molecule has 1 aromatic rings. The SMILES string of the molecule is CC(=O)c1cc(Cl)oc1Cl. The molecule has 0 radical (unpaired) electrons. The van der Waals surface area contributed by atoms with Gasteiger partial charge in [0.05, 0.1) is 5.56 Å². The number of rotatable bonds is 1. The first-order chi connectivity index (χ1) is 4.61. The molecule has 0 atom stereocenters. The van der Waals surface area contributed by atoms with E-state index in [1.54, 1.807) is 0 Å². The molecule has 1 heterocycles. The van der Waals surface area contributed by atoms with Crippen molar-refractivity contribution in [3.63, 3.8) is 0 Å². The Balaban J connectivity index is 3.15. The lowest BCUT2D eigenvalue weighted by molar-refractivity contribution is 0.101. The molecule has 0 aliphatic heterocycles. The summed E-state index contributed by atoms with van der Waals surface area (Å²) in [5.41, 5.74) is 0.326. The Morgan fingerprint density at radius 3 is 2.40 bits per heavy atom. The molecule has 2 nitrogen and oxygen atoms in total. The number of ketones is 1. The molecule has 10 heavy (non-hydrogen) atoms. The van der Waals surface area contributed by atoms with Crippen molar-refractivity contribution in [2.24, 2.45) is 0 Å². The number of hydrogen-bond acceptors (Lipinski definition) is 2. The monoisotopic (exact) mass is 178 g/mol. The summed E-state index contributed by atoms with van der Waals surface area (Å²) in [5.74, 6) is -0.152. The Morgan fingerprint density at radius 1 is 1.60 bits per heavy atom. The summed E-state index contributed by atoms with van der Waals surface area (Å²) >= 11 is 10.9. The summed E-state index contributed by atoms with van der Waals surface area (Å²) in [7, 11) is 0. The Kier molecular flexibility index (Phi) is 2.02. The maximum absolute atomic E-state index is 10.7. The molecule has 0 amide bonds. The highest BCUT2D eigenvalue weighted by Crippen LogP contribution is 2.24. The minimum atomic E-state index is -0.152. The topological polar surface area (TPSA) is 30.2 Å². The number of Topliss-reactive ketones (excluding diaryl/α,β-unsaturated/α-hetero) is 1. The standard InChI is InChI=1S/C6H4Cl2O2/c1-3(9)4-2-5(7)10-6(4)8/h2H,1H3. The van der Waals surface area contributed by atoms with Gasteiger partial charge in [-0.15, -0.1) is 0 Å². The van der Waals surface area contributed by atoms with E-state index >= 15 is 0 Å². The van der Waals surface area contributed by atoms with Gasteiger partial charge in [-0.1, -0.05) is 0 Å². The van der Waals surface area contributed by atoms with E-state index in [0.29, 0.717) is 5.56 Å². The first kappa shape index (κ1) is 7.63. The van der Waals surface area contributed by atoms with Crippen LogP contribution in [-0.2, 0) is 0 Å². The van der Waals surface area contributed by atoms with Gasteiger partial charge >= 0.3 is 0 Å². The zero-order valence-corrected chi connectivity index (χ0v) is 6.66. The quantitative estimate of drug-likeness (QED) is 0.620. The van der Waals surface area contributed by atoms with E-state index in [1.807, 2.05) is 0 Å². The van der Waals surface area contributed by atoms with Crippen LogP contribution in [0.15, 0.2) is 10.5 Å². The van der Waals surface area contributed by atoms with E-state index in [-0.39, 0.29) is 16.2 Å². The van der Waals surface area contributed by atoms with Crippen molar-refractivity contribution >= 4 is 29.0 Å². The van der Waals surface area contributed by atoms with Crippen molar-refractivity contribution in [1.29, 1.82) is 0 Å². The smallest absolute Gasteiger partial charge is 0.206 e. The largest absolute Gasteiger partial charge is 0.433 e. The lowest BCUT2D eigenvalue weighted by atomic mass is 10.2. The zero-order valence-electron chi connectivity index (χ0n) is 5.15. The molecular formula is C6H4Cl2O2. The van der Waals surface area contributed by atoms with Crippen LogP contribution in [0.2, 0.25) is 10.4 Å². The third-order valence-electron chi connectivity index (χ3n) is 1.04. The van der Waals surface area contributed by atoms with Crippen LogP contribution in [0, 0.1) is 0 Å². The van der Waals surface area contributed by atoms with E-state index in [9.17, 15) is 4.79 Å². The van der Waals surface area contributed by atoms with Gasteiger partial charge in [0.15, 0.2) is 11.0 Å². The van der Waals surface area contributed by atoms with E-state index in [1.165, 1.54) is 13.0 Å². The highest BCUT2D eigenvalue weighted by molar-refractivity contribution is 6.34. The summed E-state index contributed by atoms with van der Waals surface area (Å²) in [6, 6.07) is 1.40. The van der Waals surface area contributed by atoms with Crippen LogP contribution >= 0.6 is 23.2 Å². The molecule has 0 saturated carbocycles. The van der Waals surface area contributed by atoms with Crippen LogP contribution in [-0.4, -0.2) is 5.78 Å². The average molecular weight is 179 g/mol. The van der Waals surface area contributed by atoms with Gasteiger partial charge in [0.1, 0.15) is 0 Å². The molecule has 0 fully saturated rings. The third kappa shape index (κ3) is 1.33. The third-order valence-corrected chi connectivity index (χ3v) is 1.50. The second-order valence-corrected chi connectivity index (χ2v) is 2.51. The highest BCUT2D eigenvalue weighted by Gasteiger charge is 2.10. The number of halogens is 2. The Hall–Kier alpha value is -0.470. The van der Waals surface area contributed by atoms with Gasteiger partial charge in [0.2, 0.25) is 5.22 Å². The van der Waals surface area contributed by atoms with Gasteiger partial charge in [0, 0.05) is 6.07 Å². The van der Waals surface area contributed by atoms with E-state index < -0.39 is 0 Å². The van der Waals surface area contributed by atoms with Crippen molar-refractivity contribution in [2.45, 2.75) is 6.92 Å². The van der Waals surface area contributed by atoms with Crippen molar-refractivity contribution in [2.75, 3.05) is 0 Å². The average Bonchev–Trinajstić information content (AvgIpc) is 2.10. The molecule has 0 spiro atoms. The molecule has 0 aliphatic rings. The summed E-state index contributed by atoms with van der Waals surface area (Å²) in [4.78, 5) is 10.7. The molecular weight excluding hydrogens is 175 g/mol. The van der Waals surface area contributed by atoms with E-state index in [2.05, 4.69) is 4.42 Å². The van der Waals surface area contributed by atoms with E-state index in [0.717, 1.165) is 0 Å². The van der Waals surface area contributed by atoms with Crippen LogP contribution in [0.5, 0.6) is 0 Å². The fraction of sp³-hybridized carbons (Fsp3) is 0.167. The van der Waals surface area contributed by atoms with Crippen molar-refractivity contribution in [3.8, 4) is 0 Å². The maximum atomic E-state index is 10.7. The van der Waals surface area contributed by atoms with Crippen molar-refractivity contribution in [3.05, 3.63) is 22.1 Å². The van der Waals surface area contributed by atoms with Gasteiger partial charge in [-0.3, -0.25) is 4.79 Å². The number of furan rings is 1. The predicted molar refractivity (Wildman–Crippen MR) is 38.7 cm³/mol. The maximum Gasteiger partial charge on any atom is 0.206 e.